The maximum Gasteiger partial charge on any atom is 0.0736 e. The number of piperazine rings is 1. The van der Waals surface area contributed by atoms with Crippen LogP contribution in [0, 0.1) is 0 Å². The van der Waals surface area contributed by atoms with Crippen LogP contribution in [0.15, 0.2) is 30.3 Å². The van der Waals surface area contributed by atoms with Crippen molar-refractivity contribution in [2.75, 3.05) is 13.1 Å². The van der Waals surface area contributed by atoms with Crippen molar-refractivity contribution < 1.29 is 4.74 Å². The number of ether oxygens (including phenoxy) is 1. The summed E-state index contributed by atoms with van der Waals surface area (Å²) in [5, 5.41) is 3.70. The van der Waals surface area contributed by atoms with Gasteiger partial charge in [0.2, 0.25) is 0 Å². The Morgan fingerprint density at radius 3 is 2.75 bits per heavy atom. The van der Waals surface area contributed by atoms with Gasteiger partial charge in [-0.15, -0.1) is 0 Å². The Kier molecular flexibility index (Phi) is 3.29. The van der Waals surface area contributed by atoms with E-state index >= 15 is 0 Å². The van der Waals surface area contributed by atoms with Crippen molar-refractivity contribution in [2.24, 2.45) is 0 Å². The fourth-order valence-corrected chi connectivity index (χ4v) is 4.22. The van der Waals surface area contributed by atoms with Crippen LogP contribution in [-0.2, 0) is 4.74 Å². The Morgan fingerprint density at radius 2 is 2.05 bits per heavy atom. The highest BCUT2D eigenvalue weighted by molar-refractivity contribution is 5.20. The van der Waals surface area contributed by atoms with Crippen molar-refractivity contribution in [1.82, 2.24) is 10.2 Å². The van der Waals surface area contributed by atoms with E-state index in [9.17, 15) is 0 Å². The van der Waals surface area contributed by atoms with E-state index in [0.29, 0.717) is 30.3 Å². The van der Waals surface area contributed by atoms with Crippen LogP contribution in [0.1, 0.15) is 37.8 Å². The number of hydrogen-bond donors (Lipinski definition) is 1. The first kappa shape index (κ1) is 12.8. The van der Waals surface area contributed by atoms with Crippen LogP contribution < -0.4 is 5.32 Å². The zero-order chi connectivity index (χ0) is 13.5. The molecule has 0 aliphatic carbocycles. The summed E-state index contributed by atoms with van der Waals surface area (Å²) in [7, 11) is 0. The van der Waals surface area contributed by atoms with Crippen molar-refractivity contribution in [1.29, 1.82) is 0 Å². The van der Waals surface area contributed by atoms with Crippen LogP contribution in [0.5, 0.6) is 0 Å². The minimum absolute atomic E-state index is 0.464. The molecule has 3 heterocycles. The fourth-order valence-electron chi connectivity index (χ4n) is 4.22. The summed E-state index contributed by atoms with van der Waals surface area (Å²) in [6.07, 6.45) is 4.83. The number of nitrogens with zero attached hydrogens (tertiary/aromatic N) is 1. The SMILES string of the molecule is CC1CNC(c2ccccc2)CN1C1CC2CCC1O2. The van der Waals surface area contributed by atoms with E-state index in [0.717, 1.165) is 13.1 Å². The van der Waals surface area contributed by atoms with Crippen LogP contribution in [0.25, 0.3) is 0 Å². The molecule has 5 atom stereocenters. The highest BCUT2D eigenvalue weighted by Crippen LogP contribution is 2.39. The lowest BCUT2D eigenvalue weighted by Gasteiger charge is -2.44. The van der Waals surface area contributed by atoms with E-state index < -0.39 is 0 Å². The van der Waals surface area contributed by atoms with E-state index in [1.54, 1.807) is 0 Å². The van der Waals surface area contributed by atoms with E-state index in [-0.39, 0.29) is 0 Å². The molecule has 0 spiro atoms. The van der Waals surface area contributed by atoms with Gasteiger partial charge in [-0.2, -0.15) is 0 Å². The average Bonchev–Trinajstić information content (AvgIpc) is 3.11. The minimum atomic E-state index is 0.464. The third-order valence-corrected chi connectivity index (χ3v) is 5.32. The second-order valence-corrected chi connectivity index (χ2v) is 6.59. The summed E-state index contributed by atoms with van der Waals surface area (Å²) in [6.45, 7) is 4.54. The van der Waals surface area contributed by atoms with Gasteiger partial charge in [-0.1, -0.05) is 30.3 Å². The van der Waals surface area contributed by atoms with Crippen molar-refractivity contribution in [3.63, 3.8) is 0 Å². The van der Waals surface area contributed by atoms with Crippen molar-refractivity contribution in [2.45, 2.75) is 56.5 Å². The van der Waals surface area contributed by atoms with Gasteiger partial charge in [0.15, 0.2) is 0 Å². The molecule has 108 valence electrons. The number of nitrogens with one attached hydrogen (secondary N) is 1. The van der Waals surface area contributed by atoms with Crippen LogP contribution in [0.3, 0.4) is 0 Å². The lowest BCUT2D eigenvalue weighted by molar-refractivity contribution is 0.0356. The second kappa shape index (κ2) is 5.14. The topological polar surface area (TPSA) is 24.5 Å². The molecule has 3 heteroatoms. The second-order valence-electron chi connectivity index (χ2n) is 6.59. The van der Waals surface area contributed by atoms with Crippen molar-refractivity contribution in [3.05, 3.63) is 35.9 Å². The smallest absolute Gasteiger partial charge is 0.0736 e. The van der Waals surface area contributed by atoms with E-state index in [1.807, 2.05) is 0 Å². The summed E-state index contributed by atoms with van der Waals surface area (Å²) in [5.41, 5.74) is 1.41. The predicted octanol–water partition coefficient (Wildman–Crippen LogP) is 2.34. The summed E-state index contributed by atoms with van der Waals surface area (Å²) in [6, 6.07) is 12.6. The Bertz CT molecular complexity index is 463. The molecular formula is C17H24N2O. The summed E-state index contributed by atoms with van der Waals surface area (Å²) >= 11 is 0. The lowest BCUT2D eigenvalue weighted by atomic mass is 9.91. The summed E-state index contributed by atoms with van der Waals surface area (Å²) < 4.78 is 6.07. The number of hydrogen-bond acceptors (Lipinski definition) is 3. The zero-order valence-electron chi connectivity index (χ0n) is 12.2. The first-order valence-electron chi connectivity index (χ1n) is 8.01. The number of rotatable bonds is 2. The van der Waals surface area contributed by atoms with E-state index in [2.05, 4.69) is 47.5 Å². The average molecular weight is 272 g/mol. The first-order valence-corrected chi connectivity index (χ1v) is 8.01. The van der Waals surface area contributed by atoms with Gasteiger partial charge in [-0.05, 0) is 31.7 Å². The van der Waals surface area contributed by atoms with E-state index in [1.165, 1.54) is 24.8 Å². The molecule has 2 bridgehead atoms. The molecule has 3 nitrogen and oxygen atoms in total. The van der Waals surface area contributed by atoms with Gasteiger partial charge in [-0.3, -0.25) is 4.90 Å². The highest BCUT2D eigenvalue weighted by atomic mass is 16.5. The normalized spacial score (nSPS) is 41.1. The highest BCUT2D eigenvalue weighted by Gasteiger charge is 2.45. The van der Waals surface area contributed by atoms with Crippen LogP contribution in [0.4, 0.5) is 0 Å². The van der Waals surface area contributed by atoms with Gasteiger partial charge in [-0.25, -0.2) is 0 Å². The third-order valence-electron chi connectivity index (χ3n) is 5.32. The van der Waals surface area contributed by atoms with Crippen molar-refractivity contribution >= 4 is 0 Å². The monoisotopic (exact) mass is 272 g/mol. The Balaban J connectivity index is 1.51. The van der Waals surface area contributed by atoms with Gasteiger partial charge in [0.05, 0.1) is 12.2 Å². The Hall–Kier alpha value is -0.900. The maximum atomic E-state index is 6.07. The van der Waals surface area contributed by atoms with Crippen molar-refractivity contribution in [3.8, 4) is 0 Å². The van der Waals surface area contributed by atoms with Gasteiger partial charge >= 0.3 is 0 Å². The van der Waals surface area contributed by atoms with Gasteiger partial charge in [0.1, 0.15) is 0 Å². The molecular weight excluding hydrogens is 248 g/mol. The molecule has 1 aromatic rings. The fraction of sp³-hybridized carbons (Fsp3) is 0.647. The molecule has 0 aromatic heterocycles. The van der Waals surface area contributed by atoms with Crippen LogP contribution >= 0.6 is 0 Å². The number of fused-ring (bicyclic) bond motifs is 2. The standard InChI is InChI=1S/C17H24N2O/c1-12-10-18-15(13-5-3-2-4-6-13)11-19(12)16-9-14-7-8-17(16)20-14/h2-6,12,14-18H,7-11H2,1H3. The predicted molar refractivity (Wildman–Crippen MR) is 79.7 cm³/mol. The van der Waals surface area contributed by atoms with Crippen LogP contribution in [-0.4, -0.2) is 42.3 Å². The minimum Gasteiger partial charge on any atom is -0.373 e. The maximum absolute atomic E-state index is 6.07. The molecule has 0 radical (unpaired) electrons. The van der Waals surface area contributed by atoms with Gasteiger partial charge in [0.25, 0.3) is 0 Å². The Labute approximate surface area is 121 Å². The van der Waals surface area contributed by atoms with E-state index in [4.69, 9.17) is 4.74 Å². The molecule has 1 aromatic carbocycles. The molecule has 3 fully saturated rings. The molecule has 1 N–H and O–H groups in total. The summed E-state index contributed by atoms with van der Waals surface area (Å²) in [4.78, 5) is 2.71. The molecule has 20 heavy (non-hydrogen) atoms. The first-order chi connectivity index (χ1) is 9.81. The lowest BCUT2D eigenvalue weighted by Crippen LogP contribution is -2.57. The largest absolute Gasteiger partial charge is 0.373 e. The quantitative estimate of drug-likeness (QED) is 0.894. The van der Waals surface area contributed by atoms with Gasteiger partial charge in [0, 0.05) is 31.2 Å². The summed E-state index contributed by atoms with van der Waals surface area (Å²) in [5.74, 6) is 0. The molecule has 0 amide bonds. The molecule has 5 unspecified atom stereocenters. The molecule has 3 saturated heterocycles. The van der Waals surface area contributed by atoms with Gasteiger partial charge < -0.3 is 10.1 Å². The Morgan fingerprint density at radius 1 is 1.20 bits per heavy atom. The third kappa shape index (κ3) is 2.18. The molecule has 3 aliphatic rings. The molecule has 4 rings (SSSR count). The number of benzene rings is 1. The zero-order valence-corrected chi connectivity index (χ0v) is 12.2. The van der Waals surface area contributed by atoms with Crippen LogP contribution in [0.2, 0.25) is 0 Å². The molecule has 0 saturated carbocycles. The molecule has 3 aliphatic heterocycles.